The Balaban J connectivity index is 1.64. The second kappa shape index (κ2) is 4.57. The monoisotopic (exact) mass is 278 g/mol. The molecule has 112 valence electrons. The summed E-state index contributed by atoms with van der Waals surface area (Å²) in [5.41, 5.74) is -0.764. The maximum absolute atomic E-state index is 12.2. The number of ketones is 1. The molecule has 0 unspecified atom stereocenters. The van der Waals surface area contributed by atoms with E-state index in [1.54, 1.807) is 13.8 Å². The van der Waals surface area contributed by atoms with Crippen LogP contribution in [0.5, 0.6) is 0 Å². The molecule has 0 spiro atoms. The molecule has 0 aromatic heterocycles. The van der Waals surface area contributed by atoms with E-state index < -0.39 is 5.41 Å². The molecule has 3 heteroatoms. The van der Waals surface area contributed by atoms with Crippen molar-refractivity contribution in [3.8, 4) is 0 Å². The summed E-state index contributed by atoms with van der Waals surface area (Å²) in [7, 11) is 0. The van der Waals surface area contributed by atoms with Gasteiger partial charge in [-0.1, -0.05) is 0 Å². The quantitative estimate of drug-likeness (QED) is 0.585. The zero-order chi connectivity index (χ0) is 14.5. The van der Waals surface area contributed by atoms with Gasteiger partial charge in [-0.15, -0.1) is 0 Å². The summed E-state index contributed by atoms with van der Waals surface area (Å²) in [6.07, 6.45) is 7.87. The molecule has 0 aliphatic heterocycles. The Bertz CT molecular complexity index is 400. The van der Waals surface area contributed by atoms with E-state index in [0.29, 0.717) is 6.61 Å². The number of ether oxygens (including phenoxy) is 1. The Hall–Kier alpha value is -0.860. The van der Waals surface area contributed by atoms with Crippen LogP contribution < -0.4 is 0 Å². The van der Waals surface area contributed by atoms with Crippen molar-refractivity contribution in [3.05, 3.63) is 0 Å². The van der Waals surface area contributed by atoms with Crippen molar-refractivity contribution >= 4 is 11.8 Å². The van der Waals surface area contributed by atoms with E-state index in [1.165, 1.54) is 45.4 Å². The number of hydrogen-bond acceptors (Lipinski definition) is 3. The van der Waals surface area contributed by atoms with Crippen molar-refractivity contribution in [2.45, 2.75) is 59.3 Å². The SMILES string of the molecule is CC(=O)C(C)(C)C(=O)OCC12CC3CC(CC(C3)C1)C2. The van der Waals surface area contributed by atoms with Crippen LogP contribution in [0.4, 0.5) is 0 Å². The fourth-order valence-corrected chi connectivity index (χ4v) is 5.01. The molecular formula is C17H26O3. The molecule has 4 bridgehead atoms. The highest BCUT2D eigenvalue weighted by atomic mass is 16.5. The third-order valence-electron chi connectivity index (χ3n) is 6.06. The first-order valence-electron chi connectivity index (χ1n) is 7.99. The van der Waals surface area contributed by atoms with Gasteiger partial charge in [0, 0.05) is 5.41 Å². The first kappa shape index (κ1) is 14.1. The van der Waals surface area contributed by atoms with Crippen LogP contribution in [0.15, 0.2) is 0 Å². The van der Waals surface area contributed by atoms with E-state index in [9.17, 15) is 9.59 Å². The largest absolute Gasteiger partial charge is 0.464 e. The Kier molecular flexibility index (Phi) is 3.22. The molecule has 4 aliphatic carbocycles. The van der Waals surface area contributed by atoms with Gasteiger partial charge in [0.25, 0.3) is 0 Å². The molecule has 0 aromatic carbocycles. The summed E-state index contributed by atoms with van der Waals surface area (Å²) in [6, 6.07) is 0. The Labute approximate surface area is 121 Å². The highest BCUT2D eigenvalue weighted by Crippen LogP contribution is 2.60. The molecule has 4 aliphatic rings. The van der Waals surface area contributed by atoms with Crippen LogP contribution in [0.25, 0.3) is 0 Å². The lowest BCUT2D eigenvalue weighted by molar-refractivity contribution is -0.167. The Morgan fingerprint density at radius 1 is 1.05 bits per heavy atom. The molecule has 20 heavy (non-hydrogen) atoms. The van der Waals surface area contributed by atoms with Gasteiger partial charge >= 0.3 is 5.97 Å². The van der Waals surface area contributed by atoms with Crippen molar-refractivity contribution in [3.63, 3.8) is 0 Å². The lowest BCUT2D eigenvalue weighted by Gasteiger charge is -2.56. The molecule has 3 nitrogen and oxygen atoms in total. The minimum Gasteiger partial charge on any atom is -0.464 e. The average Bonchev–Trinajstić information content (AvgIpc) is 2.34. The normalized spacial score (nSPS) is 38.9. The molecule has 0 saturated heterocycles. The first-order valence-corrected chi connectivity index (χ1v) is 7.99. The van der Waals surface area contributed by atoms with Crippen molar-refractivity contribution in [1.82, 2.24) is 0 Å². The third kappa shape index (κ3) is 2.29. The topological polar surface area (TPSA) is 43.4 Å². The minimum atomic E-state index is -0.998. The lowest BCUT2D eigenvalue weighted by atomic mass is 9.50. The van der Waals surface area contributed by atoms with Crippen molar-refractivity contribution < 1.29 is 14.3 Å². The van der Waals surface area contributed by atoms with Crippen LogP contribution >= 0.6 is 0 Å². The van der Waals surface area contributed by atoms with E-state index in [-0.39, 0.29) is 17.2 Å². The molecule has 0 N–H and O–H groups in total. The summed E-state index contributed by atoms with van der Waals surface area (Å²) in [5, 5.41) is 0. The van der Waals surface area contributed by atoms with Crippen molar-refractivity contribution in [2.75, 3.05) is 6.61 Å². The smallest absolute Gasteiger partial charge is 0.319 e. The van der Waals surface area contributed by atoms with Gasteiger partial charge in [-0.2, -0.15) is 0 Å². The molecule has 4 fully saturated rings. The van der Waals surface area contributed by atoms with Gasteiger partial charge in [-0.05, 0) is 77.0 Å². The number of carbonyl (C=O) groups is 2. The zero-order valence-electron chi connectivity index (χ0n) is 12.9. The van der Waals surface area contributed by atoms with E-state index in [1.807, 2.05) is 0 Å². The molecule has 0 radical (unpaired) electrons. The van der Waals surface area contributed by atoms with E-state index in [2.05, 4.69) is 0 Å². The predicted octanol–water partition coefficient (Wildman–Crippen LogP) is 3.36. The third-order valence-corrected chi connectivity index (χ3v) is 6.06. The summed E-state index contributed by atoms with van der Waals surface area (Å²) < 4.78 is 5.59. The molecule has 4 rings (SSSR count). The van der Waals surface area contributed by atoms with E-state index >= 15 is 0 Å². The van der Waals surface area contributed by atoms with Gasteiger partial charge < -0.3 is 4.74 Å². The fraction of sp³-hybridized carbons (Fsp3) is 0.882. The average molecular weight is 278 g/mol. The molecule has 0 aromatic rings. The zero-order valence-corrected chi connectivity index (χ0v) is 12.9. The van der Waals surface area contributed by atoms with Crippen LogP contribution in [0.2, 0.25) is 0 Å². The summed E-state index contributed by atoms with van der Waals surface area (Å²) in [5.74, 6) is 2.12. The van der Waals surface area contributed by atoms with Crippen molar-refractivity contribution in [1.29, 1.82) is 0 Å². The van der Waals surface area contributed by atoms with Crippen LogP contribution in [0, 0.1) is 28.6 Å². The van der Waals surface area contributed by atoms with Crippen LogP contribution in [-0.4, -0.2) is 18.4 Å². The van der Waals surface area contributed by atoms with E-state index in [0.717, 1.165) is 17.8 Å². The van der Waals surface area contributed by atoms with Gasteiger partial charge in [0.2, 0.25) is 0 Å². The summed E-state index contributed by atoms with van der Waals surface area (Å²) in [4.78, 5) is 23.7. The Morgan fingerprint density at radius 3 is 1.90 bits per heavy atom. The molecule has 4 saturated carbocycles. The number of hydrogen-bond donors (Lipinski definition) is 0. The molecule has 0 amide bonds. The van der Waals surface area contributed by atoms with E-state index in [4.69, 9.17) is 4.74 Å². The van der Waals surface area contributed by atoms with Crippen LogP contribution in [-0.2, 0) is 14.3 Å². The molecule has 0 heterocycles. The van der Waals surface area contributed by atoms with Gasteiger partial charge in [-0.3, -0.25) is 9.59 Å². The summed E-state index contributed by atoms with van der Waals surface area (Å²) in [6.45, 7) is 5.33. The van der Waals surface area contributed by atoms with Gasteiger partial charge in [0.05, 0.1) is 6.61 Å². The van der Waals surface area contributed by atoms with Crippen molar-refractivity contribution in [2.24, 2.45) is 28.6 Å². The number of esters is 1. The van der Waals surface area contributed by atoms with Crippen LogP contribution in [0.1, 0.15) is 59.3 Å². The maximum atomic E-state index is 12.2. The maximum Gasteiger partial charge on any atom is 0.319 e. The highest BCUT2D eigenvalue weighted by Gasteiger charge is 2.51. The minimum absolute atomic E-state index is 0.118. The fourth-order valence-electron chi connectivity index (χ4n) is 5.01. The Morgan fingerprint density at radius 2 is 1.50 bits per heavy atom. The second-order valence-electron chi connectivity index (χ2n) is 8.17. The lowest BCUT2D eigenvalue weighted by Crippen LogP contribution is -2.49. The first-order chi connectivity index (χ1) is 9.31. The second-order valence-corrected chi connectivity index (χ2v) is 8.17. The summed E-state index contributed by atoms with van der Waals surface area (Å²) >= 11 is 0. The highest BCUT2D eigenvalue weighted by molar-refractivity contribution is 6.01. The predicted molar refractivity (Wildman–Crippen MR) is 76.0 cm³/mol. The van der Waals surface area contributed by atoms with Gasteiger partial charge in [0.15, 0.2) is 0 Å². The van der Waals surface area contributed by atoms with Gasteiger partial charge in [0.1, 0.15) is 11.2 Å². The van der Waals surface area contributed by atoms with Gasteiger partial charge in [-0.25, -0.2) is 0 Å². The number of rotatable bonds is 4. The van der Waals surface area contributed by atoms with Crippen LogP contribution in [0.3, 0.4) is 0 Å². The molecule has 0 atom stereocenters. The molecular weight excluding hydrogens is 252 g/mol. The number of carbonyl (C=O) groups excluding carboxylic acids is 2. The number of Topliss-reactive ketones (excluding diaryl/α,β-unsaturated/α-hetero) is 1. The standard InChI is InChI=1S/C17H26O3/c1-11(18)16(2,3)15(19)20-10-17-7-12-4-13(8-17)6-14(5-12)9-17/h12-14H,4-10H2,1-3H3.